The van der Waals surface area contributed by atoms with E-state index in [-0.39, 0.29) is 6.10 Å². The molecule has 4 aliphatic rings. The maximum atomic E-state index is 10.2. The largest absolute Gasteiger partial charge is 0.393 e. The Morgan fingerprint density at radius 3 is 2.36 bits per heavy atom. The minimum absolute atomic E-state index is 0.0166. The molecular weight excluding hydrogens is 342 g/mol. The van der Waals surface area contributed by atoms with E-state index in [0.717, 1.165) is 48.3 Å². The summed E-state index contributed by atoms with van der Waals surface area (Å²) < 4.78 is 0. The zero-order chi connectivity index (χ0) is 20.1. The Kier molecular flexibility index (Phi) is 5.95. The molecule has 162 valence electrons. The van der Waals surface area contributed by atoms with Crippen molar-refractivity contribution >= 4 is 0 Å². The Bertz CT molecular complexity index is 547. The highest BCUT2D eigenvalue weighted by Gasteiger charge is 2.60. The van der Waals surface area contributed by atoms with Gasteiger partial charge in [0.05, 0.1) is 6.10 Å². The van der Waals surface area contributed by atoms with Gasteiger partial charge in [0.1, 0.15) is 0 Å². The van der Waals surface area contributed by atoms with Crippen LogP contribution in [0.3, 0.4) is 0 Å². The second-order valence-electron chi connectivity index (χ2n) is 12.2. The van der Waals surface area contributed by atoms with E-state index in [2.05, 4.69) is 39.9 Å². The number of aliphatic hydroxyl groups is 1. The lowest BCUT2D eigenvalue weighted by Crippen LogP contribution is -2.55. The molecule has 0 radical (unpaired) electrons. The molecule has 9 atom stereocenters. The lowest BCUT2D eigenvalue weighted by atomic mass is 9.44. The zero-order valence-corrected chi connectivity index (χ0v) is 19.3. The van der Waals surface area contributed by atoms with Gasteiger partial charge in [0.2, 0.25) is 0 Å². The van der Waals surface area contributed by atoms with Gasteiger partial charge in [-0.1, -0.05) is 27.7 Å². The molecule has 0 heterocycles. The molecule has 0 aromatic carbocycles. The van der Waals surface area contributed by atoms with Gasteiger partial charge in [0, 0.05) is 6.04 Å². The molecule has 4 rings (SSSR count). The van der Waals surface area contributed by atoms with Gasteiger partial charge in [-0.2, -0.15) is 0 Å². The lowest BCUT2D eigenvalue weighted by Gasteiger charge is -2.61. The van der Waals surface area contributed by atoms with Gasteiger partial charge >= 0.3 is 0 Å². The van der Waals surface area contributed by atoms with Crippen LogP contribution in [0, 0.1) is 46.3 Å². The summed E-state index contributed by atoms with van der Waals surface area (Å²) in [5.41, 5.74) is 1.07. The average Bonchev–Trinajstić information content (AvgIpc) is 2.99. The highest BCUT2D eigenvalue weighted by Crippen LogP contribution is 2.67. The molecule has 4 fully saturated rings. The number of aliphatic hydroxyl groups excluding tert-OH is 1. The van der Waals surface area contributed by atoms with E-state index in [4.69, 9.17) is 0 Å². The van der Waals surface area contributed by atoms with E-state index in [9.17, 15) is 5.11 Å². The molecule has 2 unspecified atom stereocenters. The van der Waals surface area contributed by atoms with Crippen molar-refractivity contribution in [3.8, 4) is 0 Å². The first-order chi connectivity index (χ1) is 13.3. The minimum Gasteiger partial charge on any atom is -0.393 e. The highest BCUT2D eigenvalue weighted by atomic mass is 16.3. The quantitative estimate of drug-likeness (QED) is 0.601. The Morgan fingerprint density at radius 1 is 0.893 bits per heavy atom. The summed E-state index contributed by atoms with van der Waals surface area (Å²) in [6, 6.07) is 0.669. The van der Waals surface area contributed by atoms with E-state index >= 15 is 0 Å². The normalized spacial score (nSPS) is 49.4. The molecular formula is C26H47NO. The molecule has 2 nitrogen and oxygen atoms in total. The van der Waals surface area contributed by atoms with Crippen molar-refractivity contribution in [2.75, 3.05) is 6.54 Å². The third-order valence-corrected chi connectivity index (χ3v) is 10.5. The topological polar surface area (TPSA) is 32.3 Å². The van der Waals surface area contributed by atoms with E-state index < -0.39 is 0 Å². The van der Waals surface area contributed by atoms with Crippen LogP contribution in [0.4, 0.5) is 0 Å². The monoisotopic (exact) mass is 389 g/mol. The van der Waals surface area contributed by atoms with Crippen molar-refractivity contribution in [3.63, 3.8) is 0 Å². The molecule has 0 aromatic rings. The van der Waals surface area contributed by atoms with Crippen molar-refractivity contribution in [3.05, 3.63) is 0 Å². The summed E-state index contributed by atoms with van der Waals surface area (Å²) in [5.74, 6) is 5.30. The first-order valence-electron chi connectivity index (χ1n) is 12.7. The maximum Gasteiger partial charge on any atom is 0.0543 e. The van der Waals surface area contributed by atoms with Crippen LogP contribution in [-0.4, -0.2) is 23.8 Å². The summed E-state index contributed by atoms with van der Waals surface area (Å²) in [5, 5.41) is 14.2. The Morgan fingerprint density at radius 2 is 1.61 bits per heavy atom. The fourth-order valence-corrected chi connectivity index (χ4v) is 8.84. The molecule has 0 bridgehead atoms. The zero-order valence-electron chi connectivity index (χ0n) is 19.3. The van der Waals surface area contributed by atoms with Gasteiger partial charge in [-0.05, 0) is 124 Å². The van der Waals surface area contributed by atoms with Gasteiger partial charge in [-0.25, -0.2) is 0 Å². The summed E-state index contributed by atoms with van der Waals surface area (Å²) in [6.45, 7) is 13.6. The van der Waals surface area contributed by atoms with Crippen LogP contribution in [0.5, 0.6) is 0 Å². The second kappa shape index (κ2) is 7.88. The van der Waals surface area contributed by atoms with Crippen LogP contribution in [0.25, 0.3) is 0 Å². The smallest absolute Gasteiger partial charge is 0.0543 e. The number of fused-ring (bicyclic) bond motifs is 5. The fourth-order valence-electron chi connectivity index (χ4n) is 8.84. The lowest BCUT2D eigenvalue weighted by molar-refractivity contribution is -0.127. The van der Waals surface area contributed by atoms with Crippen LogP contribution >= 0.6 is 0 Å². The Labute approximate surface area is 174 Å². The second-order valence-corrected chi connectivity index (χ2v) is 12.2. The predicted octanol–water partition coefficient (Wildman–Crippen LogP) is 6.03. The number of nitrogens with one attached hydrogen (secondary N) is 1. The molecule has 28 heavy (non-hydrogen) atoms. The van der Waals surface area contributed by atoms with Crippen molar-refractivity contribution < 1.29 is 5.11 Å². The Balaban J connectivity index is 1.46. The van der Waals surface area contributed by atoms with E-state index in [1.165, 1.54) is 57.9 Å². The summed E-state index contributed by atoms with van der Waals surface area (Å²) in [7, 11) is 0. The van der Waals surface area contributed by atoms with Crippen LogP contribution in [-0.2, 0) is 0 Å². The molecule has 2 heteroatoms. The van der Waals surface area contributed by atoms with Crippen molar-refractivity contribution in [1.29, 1.82) is 0 Å². The first kappa shape index (κ1) is 21.2. The fraction of sp³-hybridized carbons (Fsp3) is 1.00. The average molecular weight is 390 g/mol. The molecule has 0 spiro atoms. The maximum absolute atomic E-state index is 10.2. The summed E-state index contributed by atoms with van der Waals surface area (Å²) in [6.07, 6.45) is 13.3. The van der Waals surface area contributed by atoms with Gasteiger partial charge in [-0.3, -0.25) is 0 Å². The standard InChI is InChI=1S/C26H47NO/c1-17(2)12-15-27-18(3)22-8-9-23-21-7-6-19-16-20(28)10-13-25(19,4)24(21)11-14-26(22,23)5/h17-24,27-28H,6-16H2,1-5H3/t18?,19?,20-,21-,22+,23-,24-,25-,26+/m0/s1. The highest BCUT2D eigenvalue weighted by molar-refractivity contribution is 5.10. The van der Waals surface area contributed by atoms with Gasteiger partial charge in [0.25, 0.3) is 0 Å². The first-order valence-corrected chi connectivity index (χ1v) is 12.7. The van der Waals surface area contributed by atoms with Crippen LogP contribution in [0.2, 0.25) is 0 Å². The third kappa shape index (κ3) is 3.49. The van der Waals surface area contributed by atoms with Crippen molar-refractivity contribution in [2.45, 2.75) is 111 Å². The predicted molar refractivity (Wildman–Crippen MR) is 118 cm³/mol. The molecule has 4 saturated carbocycles. The Hall–Kier alpha value is -0.0800. The van der Waals surface area contributed by atoms with Gasteiger partial charge < -0.3 is 10.4 Å². The summed E-state index contributed by atoms with van der Waals surface area (Å²) >= 11 is 0. The summed E-state index contributed by atoms with van der Waals surface area (Å²) in [4.78, 5) is 0. The molecule has 0 amide bonds. The van der Waals surface area contributed by atoms with Crippen LogP contribution in [0.15, 0.2) is 0 Å². The van der Waals surface area contributed by atoms with E-state index in [1.54, 1.807) is 0 Å². The number of hydrogen-bond acceptors (Lipinski definition) is 2. The van der Waals surface area contributed by atoms with Crippen molar-refractivity contribution in [1.82, 2.24) is 5.32 Å². The van der Waals surface area contributed by atoms with Crippen LogP contribution < -0.4 is 5.32 Å². The van der Waals surface area contributed by atoms with Crippen LogP contribution in [0.1, 0.15) is 98.8 Å². The van der Waals surface area contributed by atoms with Gasteiger partial charge in [-0.15, -0.1) is 0 Å². The molecule has 0 aromatic heterocycles. The molecule has 4 aliphatic carbocycles. The third-order valence-electron chi connectivity index (χ3n) is 10.5. The van der Waals surface area contributed by atoms with E-state index in [1.807, 2.05) is 0 Å². The van der Waals surface area contributed by atoms with Crippen molar-refractivity contribution in [2.24, 2.45) is 46.3 Å². The minimum atomic E-state index is -0.0166. The number of hydrogen-bond donors (Lipinski definition) is 2. The molecule has 2 N–H and O–H groups in total. The molecule has 0 saturated heterocycles. The van der Waals surface area contributed by atoms with E-state index in [0.29, 0.717) is 16.9 Å². The molecule has 0 aliphatic heterocycles. The van der Waals surface area contributed by atoms with Gasteiger partial charge in [0.15, 0.2) is 0 Å². The SMILES string of the molecule is CC(C)CCNC(C)[C@H]1CC[C@H]2[C@@H]3CCC4C[C@@H](O)CC[C@]4(C)[C@H]3CC[C@]12C. The number of rotatable bonds is 5.